The molecule has 1 saturated heterocycles. The van der Waals surface area contributed by atoms with Gasteiger partial charge in [0.1, 0.15) is 5.01 Å². The monoisotopic (exact) mass is 293 g/mol. The topological polar surface area (TPSA) is 59.2 Å². The van der Waals surface area contributed by atoms with Crippen LogP contribution in [0.5, 0.6) is 0 Å². The molecule has 1 aliphatic heterocycles. The lowest BCUT2D eigenvalue weighted by Crippen LogP contribution is -2.43. The SMILES string of the molecule is NC[C@H]1CCC[C@H]1C(=O)N1CCCCC1c1nccs1. The Morgan fingerprint density at radius 1 is 1.35 bits per heavy atom. The standard InChI is InChI=1S/C15H23N3OS/c16-10-11-4-3-5-12(11)15(19)18-8-2-1-6-13(18)14-17-7-9-20-14/h7,9,11-13H,1-6,8,10,16H2/t11-,12-,13?/m1/s1. The van der Waals surface area contributed by atoms with Gasteiger partial charge in [-0.25, -0.2) is 4.98 Å². The van der Waals surface area contributed by atoms with Crippen LogP contribution in [0.15, 0.2) is 11.6 Å². The maximum absolute atomic E-state index is 12.9. The van der Waals surface area contributed by atoms with Crippen molar-refractivity contribution >= 4 is 17.2 Å². The van der Waals surface area contributed by atoms with Crippen LogP contribution in [-0.2, 0) is 4.79 Å². The first kappa shape index (κ1) is 14.0. The minimum atomic E-state index is 0.153. The second kappa shape index (κ2) is 6.22. The van der Waals surface area contributed by atoms with Crippen molar-refractivity contribution in [3.05, 3.63) is 16.6 Å². The van der Waals surface area contributed by atoms with E-state index in [1.165, 1.54) is 6.42 Å². The summed E-state index contributed by atoms with van der Waals surface area (Å²) in [7, 11) is 0. The Labute approximate surface area is 124 Å². The molecule has 0 spiro atoms. The lowest BCUT2D eigenvalue weighted by molar-refractivity contribution is -0.140. The zero-order chi connectivity index (χ0) is 13.9. The van der Waals surface area contributed by atoms with E-state index in [1.807, 2.05) is 11.6 Å². The molecule has 1 saturated carbocycles. The van der Waals surface area contributed by atoms with Crippen LogP contribution in [0, 0.1) is 11.8 Å². The van der Waals surface area contributed by atoms with E-state index in [-0.39, 0.29) is 12.0 Å². The van der Waals surface area contributed by atoms with Gasteiger partial charge in [-0.1, -0.05) is 6.42 Å². The van der Waals surface area contributed by atoms with Crippen molar-refractivity contribution in [1.29, 1.82) is 0 Å². The smallest absolute Gasteiger partial charge is 0.226 e. The lowest BCUT2D eigenvalue weighted by Gasteiger charge is -2.37. The van der Waals surface area contributed by atoms with E-state index in [0.29, 0.717) is 18.4 Å². The van der Waals surface area contributed by atoms with E-state index in [0.717, 1.165) is 43.7 Å². The molecule has 3 atom stereocenters. The Morgan fingerprint density at radius 2 is 2.25 bits per heavy atom. The lowest BCUT2D eigenvalue weighted by atomic mass is 9.92. The molecule has 2 fully saturated rings. The van der Waals surface area contributed by atoms with Crippen LogP contribution in [0.25, 0.3) is 0 Å². The number of aromatic nitrogens is 1. The quantitative estimate of drug-likeness (QED) is 0.932. The summed E-state index contributed by atoms with van der Waals surface area (Å²) in [5, 5.41) is 3.10. The number of amides is 1. The van der Waals surface area contributed by atoms with E-state index >= 15 is 0 Å². The van der Waals surface area contributed by atoms with Crippen LogP contribution < -0.4 is 5.73 Å². The molecule has 1 unspecified atom stereocenters. The predicted molar refractivity (Wildman–Crippen MR) is 80.3 cm³/mol. The number of carbonyl (C=O) groups is 1. The fourth-order valence-corrected chi connectivity index (χ4v) is 4.49. The minimum absolute atomic E-state index is 0.153. The number of likely N-dealkylation sites (tertiary alicyclic amines) is 1. The Balaban J connectivity index is 1.77. The average Bonchev–Trinajstić information content (AvgIpc) is 3.17. The number of carbonyl (C=O) groups excluding carboxylic acids is 1. The van der Waals surface area contributed by atoms with Gasteiger partial charge in [-0.2, -0.15) is 0 Å². The van der Waals surface area contributed by atoms with E-state index < -0.39 is 0 Å². The number of thiazole rings is 1. The van der Waals surface area contributed by atoms with Crippen molar-refractivity contribution in [3.63, 3.8) is 0 Å². The first-order valence-corrected chi connectivity index (χ1v) is 8.59. The van der Waals surface area contributed by atoms with E-state index in [1.54, 1.807) is 11.3 Å². The molecule has 0 bridgehead atoms. The van der Waals surface area contributed by atoms with Crippen LogP contribution in [0.4, 0.5) is 0 Å². The number of piperidine rings is 1. The van der Waals surface area contributed by atoms with Gasteiger partial charge in [0.05, 0.1) is 6.04 Å². The summed E-state index contributed by atoms with van der Waals surface area (Å²) in [5.74, 6) is 0.875. The normalized spacial score (nSPS) is 30.6. The summed E-state index contributed by atoms with van der Waals surface area (Å²) < 4.78 is 0. The highest BCUT2D eigenvalue weighted by Gasteiger charge is 2.38. The van der Waals surface area contributed by atoms with Crippen molar-refractivity contribution < 1.29 is 4.79 Å². The van der Waals surface area contributed by atoms with Crippen molar-refractivity contribution in [2.24, 2.45) is 17.6 Å². The molecular weight excluding hydrogens is 270 g/mol. The summed E-state index contributed by atoms with van der Waals surface area (Å²) in [6, 6.07) is 0.204. The van der Waals surface area contributed by atoms with Gasteiger partial charge in [0, 0.05) is 24.0 Å². The molecule has 4 nitrogen and oxygen atoms in total. The first-order chi connectivity index (χ1) is 9.81. The van der Waals surface area contributed by atoms with E-state index in [2.05, 4.69) is 9.88 Å². The largest absolute Gasteiger partial charge is 0.333 e. The molecule has 2 aliphatic rings. The van der Waals surface area contributed by atoms with Gasteiger partial charge in [-0.3, -0.25) is 4.79 Å². The fraction of sp³-hybridized carbons (Fsp3) is 0.733. The zero-order valence-corrected chi connectivity index (χ0v) is 12.6. The van der Waals surface area contributed by atoms with Crippen molar-refractivity contribution in [2.45, 2.75) is 44.6 Å². The van der Waals surface area contributed by atoms with Crippen molar-refractivity contribution in [2.75, 3.05) is 13.1 Å². The summed E-state index contributed by atoms with van der Waals surface area (Å²) in [6.07, 6.45) is 8.49. The Kier molecular flexibility index (Phi) is 4.36. The third-order valence-electron chi connectivity index (χ3n) is 4.80. The molecule has 1 aromatic rings. The Morgan fingerprint density at radius 3 is 3.00 bits per heavy atom. The van der Waals surface area contributed by atoms with Crippen LogP contribution in [-0.4, -0.2) is 28.9 Å². The highest BCUT2D eigenvalue weighted by atomic mass is 32.1. The predicted octanol–water partition coefficient (Wildman–Crippen LogP) is 2.57. The average molecular weight is 293 g/mol. The van der Waals surface area contributed by atoms with Crippen molar-refractivity contribution in [1.82, 2.24) is 9.88 Å². The second-order valence-corrected chi connectivity index (χ2v) is 6.87. The highest BCUT2D eigenvalue weighted by molar-refractivity contribution is 7.09. The number of nitrogens with zero attached hydrogens (tertiary/aromatic N) is 2. The first-order valence-electron chi connectivity index (χ1n) is 7.71. The van der Waals surface area contributed by atoms with Gasteiger partial charge < -0.3 is 10.6 Å². The van der Waals surface area contributed by atoms with Crippen LogP contribution in [0.1, 0.15) is 49.6 Å². The molecule has 1 amide bonds. The van der Waals surface area contributed by atoms with Crippen LogP contribution in [0.3, 0.4) is 0 Å². The molecular formula is C15H23N3OS. The number of hydrogen-bond donors (Lipinski definition) is 1. The Bertz CT molecular complexity index is 448. The summed E-state index contributed by atoms with van der Waals surface area (Å²) in [6.45, 7) is 1.53. The third-order valence-corrected chi connectivity index (χ3v) is 5.68. The van der Waals surface area contributed by atoms with Gasteiger partial charge in [0.2, 0.25) is 5.91 Å². The molecule has 1 aliphatic carbocycles. The molecule has 2 heterocycles. The number of nitrogens with two attached hydrogens (primary N) is 1. The van der Waals surface area contributed by atoms with Gasteiger partial charge in [-0.05, 0) is 44.6 Å². The summed E-state index contributed by atoms with van der Waals surface area (Å²) in [4.78, 5) is 19.5. The molecule has 2 N–H and O–H groups in total. The molecule has 1 aromatic heterocycles. The molecule has 0 radical (unpaired) electrons. The Hall–Kier alpha value is -0.940. The number of rotatable bonds is 3. The number of hydrogen-bond acceptors (Lipinski definition) is 4. The molecule has 0 aromatic carbocycles. The van der Waals surface area contributed by atoms with Crippen LogP contribution in [0.2, 0.25) is 0 Å². The maximum Gasteiger partial charge on any atom is 0.226 e. The third kappa shape index (κ3) is 2.61. The molecule has 20 heavy (non-hydrogen) atoms. The van der Waals surface area contributed by atoms with Crippen LogP contribution >= 0.6 is 11.3 Å². The van der Waals surface area contributed by atoms with E-state index in [4.69, 9.17) is 5.73 Å². The van der Waals surface area contributed by atoms with Gasteiger partial charge in [0.15, 0.2) is 0 Å². The summed E-state index contributed by atoms with van der Waals surface area (Å²) in [5.41, 5.74) is 5.84. The van der Waals surface area contributed by atoms with Gasteiger partial charge >= 0.3 is 0 Å². The van der Waals surface area contributed by atoms with Crippen molar-refractivity contribution in [3.8, 4) is 0 Å². The molecule has 110 valence electrons. The highest BCUT2D eigenvalue weighted by Crippen LogP contribution is 2.38. The maximum atomic E-state index is 12.9. The summed E-state index contributed by atoms with van der Waals surface area (Å²) >= 11 is 1.67. The van der Waals surface area contributed by atoms with Gasteiger partial charge in [0.25, 0.3) is 0 Å². The van der Waals surface area contributed by atoms with Gasteiger partial charge in [-0.15, -0.1) is 11.3 Å². The second-order valence-electron chi connectivity index (χ2n) is 5.95. The molecule has 3 rings (SSSR count). The minimum Gasteiger partial charge on any atom is -0.333 e. The molecule has 5 heteroatoms. The zero-order valence-electron chi connectivity index (χ0n) is 11.8. The van der Waals surface area contributed by atoms with E-state index in [9.17, 15) is 4.79 Å². The fourth-order valence-electron chi connectivity index (χ4n) is 3.71.